The molecule has 4 nitrogen and oxygen atoms in total. The summed E-state index contributed by atoms with van der Waals surface area (Å²) >= 11 is 0. The Morgan fingerprint density at radius 3 is 2.59 bits per heavy atom. The Bertz CT molecular complexity index is 270. The fraction of sp³-hybridized carbons (Fsp3) is 0.923. The standard InChI is InChI=1S/C13H25N3O/c1-11(10-16-7-3-2-4-8-16)9-15-12(17)13(14)5-6-13/h11H,2-10,14H2,1H3,(H,15,17). The highest BCUT2D eigenvalue weighted by Gasteiger charge is 2.45. The lowest BCUT2D eigenvalue weighted by molar-refractivity contribution is -0.123. The quantitative estimate of drug-likeness (QED) is 0.743. The molecule has 98 valence electrons. The van der Waals surface area contributed by atoms with Gasteiger partial charge in [0.15, 0.2) is 0 Å². The number of carbonyl (C=O) groups excluding carboxylic acids is 1. The predicted octanol–water partition coefficient (Wildman–Crippen LogP) is 0.716. The molecule has 1 aliphatic carbocycles. The summed E-state index contributed by atoms with van der Waals surface area (Å²) in [5.74, 6) is 0.558. The van der Waals surface area contributed by atoms with Gasteiger partial charge in [0.25, 0.3) is 0 Å². The van der Waals surface area contributed by atoms with E-state index in [4.69, 9.17) is 5.73 Å². The first-order chi connectivity index (χ1) is 8.10. The third-order valence-electron chi connectivity index (χ3n) is 3.87. The first-order valence-corrected chi connectivity index (χ1v) is 6.90. The van der Waals surface area contributed by atoms with Gasteiger partial charge in [-0.15, -0.1) is 0 Å². The molecular weight excluding hydrogens is 214 g/mol. The highest BCUT2D eigenvalue weighted by atomic mass is 16.2. The van der Waals surface area contributed by atoms with E-state index in [9.17, 15) is 4.79 Å². The van der Waals surface area contributed by atoms with Crippen LogP contribution in [0.2, 0.25) is 0 Å². The van der Waals surface area contributed by atoms with Crippen molar-refractivity contribution in [3.8, 4) is 0 Å². The van der Waals surface area contributed by atoms with Crippen LogP contribution >= 0.6 is 0 Å². The number of nitrogens with zero attached hydrogens (tertiary/aromatic N) is 1. The topological polar surface area (TPSA) is 58.4 Å². The van der Waals surface area contributed by atoms with Crippen LogP contribution in [-0.4, -0.2) is 42.5 Å². The monoisotopic (exact) mass is 239 g/mol. The van der Waals surface area contributed by atoms with E-state index in [-0.39, 0.29) is 5.91 Å². The molecule has 1 atom stereocenters. The summed E-state index contributed by atoms with van der Waals surface area (Å²) < 4.78 is 0. The highest BCUT2D eigenvalue weighted by Crippen LogP contribution is 2.32. The Morgan fingerprint density at radius 1 is 1.35 bits per heavy atom. The molecule has 1 saturated heterocycles. The maximum atomic E-state index is 11.7. The Labute approximate surface area is 104 Å². The van der Waals surface area contributed by atoms with Crippen LogP contribution in [0.1, 0.15) is 39.0 Å². The fourth-order valence-corrected chi connectivity index (χ4v) is 2.45. The van der Waals surface area contributed by atoms with E-state index < -0.39 is 5.54 Å². The van der Waals surface area contributed by atoms with E-state index in [0.29, 0.717) is 5.92 Å². The normalized spacial score (nSPS) is 25.3. The van der Waals surface area contributed by atoms with Crippen LogP contribution in [0, 0.1) is 5.92 Å². The van der Waals surface area contributed by atoms with Crippen molar-refractivity contribution < 1.29 is 4.79 Å². The smallest absolute Gasteiger partial charge is 0.240 e. The summed E-state index contributed by atoms with van der Waals surface area (Å²) in [6.45, 7) is 6.50. The molecule has 3 N–H and O–H groups in total. The fourth-order valence-electron chi connectivity index (χ4n) is 2.45. The zero-order chi connectivity index (χ0) is 12.3. The zero-order valence-electron chi connectivity index (χ0n) is 10.9. The first kappa shape index (κ1) is 12.8. The van der Waals surface area contributed by atoms with Crippen molar-refractivity contribution in [2.75, 3.05) is 26.2 Å². The van der Waals surface area contributed by atoms with Gasteiger partial charge in [-0.2, -0.15) is 0 Å². The van der Waals surface area contributed by atoms with Gasteiger partial charge in [0.1, 0.15) is 0 Å². The Kier molecular flexibility index (Phi) is 4.05. The van der Waals surface area contributed by atoms with Crippen LogP contribution in [0.3, 0.4) is 0 Å². The number of hydrogen-bond donors (Lipinski definition) is 2. The van der Waals surface area contributed by atoms with Crippen molar-refractivity contribution >= 4 is 5.91 Å². The number of likely N-dealkylation sites (tertiary alicyclic amines) is 1. The predicted molar refractivity (Wildman–Crippen MR) is 68.6 cm³/mol. The summed E-state index contributed by atoms with van der Waals surface area (Å²) in [5, 5.41) is 2.98. The maximum absolute atomic E-state index is 11.7. The lowest BCUT2D eigenvalue weighted by atomic mass is 10.1. The Balaban J connectivity index is 1.63. The van der Waals surface area contributed by atoms with Gasteiger partial charge in [0, 0.05) is 13.1 Å². The van der Waals surface area contributed by atoms with Gasteiger partial charge in [0.2, 0.25) is 5.91 Å². The van der Waals surface area contributed by atoms with Crippen LogP contribution in [-0.2, 0) is 4.79 Å². The van der Waals surface area contributed by atoms with Gasteiger partial charge in [-0.1, -0.05) is 13.3 Å². The van der Waals surface area contributed by atoms with Crippen molar-refractivity contribution in [1.82, 2.24) is 10.2 Å². The highest BCUT2D eigenvalue weighted by molar-refractivity contribution is 5.88. The van der Waals surface area contributed by atoms with Gasteiger partial charge < -0.3 is 16.0 Å². The summed E-state index contributed by atoms with van der Waals surface area (Å²) in [4.78, 5) is 14.2. The number of rotatable bonds is 5. The molecular formula is C13H25N3O. The Hall–Kier alpha value is -0.610. The molecule has 0 bridgehead atoms. The van der Waals surface area contributed by atoms with E-state index in [1.54, 1.807) is 0 Å². The first-order valence-electron chi connectivity index (χ1n) is 6.90. The molecule has 17 heavy (non-hydrogen) atoms. The number of carbonyl (C=O) groups is 1. The average Bonchev–Trinajstić information content (AvgIpc) is 3.07. The minimum absolute atomic E-state index is 0.0444. The molecule has 1 aliphatic heterocycles. The molecule has 2 fully saturated rings. The van der Waals surface area contributed by atoms with Crippen molar-refractivity contribution in [2.45, 2.75) is 44.6 Å². The van der Waals surface area contributed by atoms with Gasteiger partial charge in [-0.3, -0.25) is 4.79 Å². The minimum atomic E-state index is -0.523. The van der Waals surface area contributed by atoms with E-state index in [1.807, 2.05) is 0 Å². The lowest BCUT2D eigenvalue weighted by Gasteiger charge is -2.29. The van der Waals surface area contributed by atoms with Crippen molar-refractivity contribution in [1.29, 1.82) is 0 Å². The molecule has 2 rings (SSSR count). The minimum Gasteiger partial charge on any atom is -0.354 e. The third kappa shape index (κ3) is 3.68. The molecule has 0 aromatic heterocycles. The summed E-state index contributed by atoms with van der Waals surface area (Å²) in [7, 11) is 0. The van der Waals surface area contributed by atoms with E-state index in [1.165, 1.54) is 32.4 Å². The number of nitrogens with one attached hydrogen (secondary N) is 1. The second-order valence-electron chi connectivity index (χ2n) is 5.83. The second kappa shape index (κ2) is 5.36. The number of hydrogen-bond acceptors (Lipinski definition) is 3. The van der Waals surface area contributed by atoms with Crippen molar-refractivity contribution in [3.63, 3.8) is 0 Å². The summed E-state index contributed by atoms with van der Waals surface area (Å²) in [6, 6.07) is 0. The SMILES string of the molecule is CC(CNC(=O)C1(N)CC1)CN1CCCCC1. The molecule has 2 aliphatic rings. The number of amides is 1. The van der Waals surface area contributed by atoms with Gasteiger partial charge >= 0.3 is 0 Å². The largest absolute Gasteiger partial charge is 0.354 e. The number of nitrogens with two attached hydrogens (primary N) is 1. The molecule has 0 aromatic rings. The van der Waals surface area contributed by atoms with E-state index in [0.717, 1.165) is 25.9 Å². The van der Waals surface area contributed by atoms with Crippen LogP contribution in [0.25, 0.3) is 0 Å². The zero-order valence-corrected chi connectivity index (χ0v) is 10.9. The summed E-state index contributed by atoms with van der Waals surface area (Å²) in [6.07, 6.45) is 5.71. The summed E-state index contributed by atoms with van der Waals surface area (Å²) in [5.41, 5.74) is 5.32. The molecule has 4 heteroatoms. The Morgan fingerprint density at radius 2 is 2.00 bits per heavy atom. The van der Waals surface area contributed by atoms with Crippen molar-refractivity contribution in [3.05, 3.63) is 0 Å². The van der Waals surface area contributed by atoms with Crippen LogP contribution in [0.4, 0.5) is 0 Å². The van der Waals surface area contributed by atoms with Crippen LogP contribution in [0.15, 0.2) is 0 Å². The molecule has 0 aromatic carbocycles. The molecule has 1 heterocycles. The number of piperidine rings is 1. The molecule has 0 spiro atoms. The molecule has 1 unspecified atom stereocenters. The van der Waals surface area contributed by atoms with Gasteiger partial charge in [0.05, 0.1) is 5.54 Å². The van der Waals surface area contributed by atoms with Crippen molar-refractivity contribution in [2.24, 2.45) is 11.7 Å². The maximum Gasteiger partial charge on any atom is 0.240 e. The third-order valence-corrected chi connectivity index (χ3v) is 3.87. The lowest BCUT2D eigenvalue weighted by Crippen LogP contribution is -2.45. The van der Waals surface area contributed by atoms with Crippen LogP contribution in [0.5, 0.6) is 0 Å². The van der Waals surface area contributed by atoms with Crippen LogP contribution < -0.4 is 11.1 Å². The molecule has 1 amide bonds. The van der Waals surface area contributed by atoms with Gasteiger partial charge in [-0.25, -0.2) is 0 Å². The van der Waals surface area contributed by atoms with E-state index in [2.05, 4.69) is 17.1 Å². The average molecular weight is 239 g/mol. The second-order valence-corrected chi connectivity index (χ2v) is 5.83. The molecule has 0 radical (unpaired) electrons. The van der Waals surface area contributed by atoms with Gasteiger partial charge in [-0.05, 0) is 44.7 Å². The van der Waals surface area contributed by atoms with E-state index >= 15 is 0 Å². The molecule has 1 saturated carbocycles.